The van der Waals surface area contributed by atoms with Gasteiger partial charge in [0, 0.05) is 36.3 Å². The van der Waals surface area contributed by atoms with Crippen LogP contribution in [0.5, 0.6) is 0 Å². The number of likely N-dealkylation sites (N-methyl/N-ethyl adjacent to an activating group) is 1. The predicted molar refractivity (Wildman–Crippen MR) is 137 cm³/mol. The maximum atomic E-state index is 10.3. The molecule has 174 valence electrons. The highest BCUT2D eigenvalue weighted by Gasteiger charge is 2.29. The summed E-state index contributed by atoms with van der Waals surface area (Å²) in [6.45, 7) is 16.5. The summed E-state index contributed by atoms with van der Waals surface area (Å²) >= 11 is 0. The summed E-state index contributed by atoms with van der Waals surface area (Å²) in [5.74, 6) is 0.536. The van der Waals surface area contributed by atoms with Crippen LogP contribution in [0.15, 0.2) is 42.5 Å². The number of hydrogen-bond donors (Lipinski definition) is 3. The van der Waals surface area contributed by atoms with Gasteiger partial charge in [-0.15, -0.1) is 0 Å². The van der Waals surface area contributed by atoms with Gasteiger partial charge in [-0.2, -0.15) is 5.26 Å². The second-order valence-electron chi connectivity index (χ2n) is 9.34. The lowest BCUT2D eigenvalue weighted by atomic mass is 9.72. The zero-order chi connectivity index (χ0) is 23.7. The van der Waals surface area contributed by atoms with E-state index >= 15 is 0 Å². The molecule has 3 atom stereocenters. The van der Waals surface area contributed by atoms with Crippen molar-refractivity contribution in [3.8, 4) is 6.07 Å². The molecule has 0 amide bonds. The third-order valence-electron chi connectivity index (χ3n) is 6.57. The molecule has 0 aliphatic heterocycles. The van der Waals surface area contributed by atoms with Crippen molar-refractivity contribution < 1.29 is 0 Å². The Labute approximate surface area is 195 Å². The van der Waals surface area contributed by atoms with Crippen molar-refractivity contribution in [2.75, 3.05) is 20.1 Å². The molecule has 4 N–H and O–H groups in total. The minimum atomic E-state index is -0.0225. The second-order valence-corrected chi connectivity index (χ2v) is 9.34. The van der Waals surface area contributed by atoms with E-state index in [0.717, 1.165) is 54.6 Å². The van der Waals surface area contributed by atoms with Crippen LogP contribution in [0.25, 0.3) is 5.70 Å². The lowest BCUT2D eigenvalue weighted by molar-refractivity contribution is 0.482. The molecule has 4 heteroatoms. The Kier molecular flexibility index (Phi) is 10.2. The second kappa shape index (κ2) is 12.6. The van der Waals surface area contributed by atoms with Crippen molar-refractivity contribution in [1.29, 1.82) is 5.26 Å². The lowest BCUT2D eigenvalue weighted by Gasteiger charge is -2.32. The zero-order valence-corrected chi connectivity index (χ0v) is 20.6. The molecule has 2 unspecified atom stereocenters. The molecular weight excluding hydrogens is 392 g/mol. The summed E-state index contributed by atoms with van der Waals surface area (Å²) in [7, 11) is 1.90. The predicted octanol–water partition coefficient (Wildman–Crippen LogP) is 5.41. The molecule has 0 aromatic heterocycles. The fraction of sp³-hybridized carbons (Fsp3) is 0.536. The zero-order valence-electron chi connectivity index (χ0n) is 20.6. The number of aryl methyl sites for hydroxylation is 1. The number of benzene rings is 1. The van der Waals surface area contributed by atoms with Crippen LogP contribution < -0.4 is 16.4 Å². The summed E-state index contributed by atoms with van der Waals surface area (Å²) in [6, 6.07) is 6.93. The first-order valence-corrected chi connectivity index (χ1v) is 12.1. The number of unbranched alkanes of at least 4 members (excludes halogenated alkanes) is 2. The average molecular weight is 435 g/mol. The van der Waals surface area contributed by atoms with Crippen LogP contribution in [0, 0.1) is 17.2 Å². The van der Waals surface area contributed by atoms with Gasteiger partial charge in [0.15, 0.2) is 0 Å². The van der Waals surface area contributed by atoms with Crippen molar-refractivity contribution in [3.05, 3.63) is 64.8 Å². The smallest absolute Gasteiger partial charge is 0.100 e. The van der Waals surface area contributed by atoms with E-state index in [4.69, 9.17) is 5.73 Å². The van der Waals surface area contributed by atoms with E-state index in [1.165, 1.54) is 29.6 Å². The minimum Gasteiger partial charge on any atom is -0.383 e. The monoisotopic (exact) mass is 434 g/mol. The fourth-order valence-corrected chi connectivity index (χ4v) is 4.78. The molecule has 1 aliphatic carbocycles. The number of hydrogen-bond acceptors (Lipinski definition) is 4. The van der Waals surface area contributed by atoms with Gasteiger partial charge >= 0.3 is 0 Å². The van der Waals surface area contributed by atoms with E-state index in [1.54, 1.807) is 0 Å². The molecule has 1 aliphatic rings. The Hall–Kier alpha value is -2.35. The molecule has 1 aromatic carbocycles. The maximum absolute atomic E-state index is 10.3. The molecule has 0 heterocycles. The van der Waals surface area contributed by atoms with E-state index in [-0.39, 0.29) is 12.0 Å². The molecule has 4 nitrogen and oxygen atoms in total. The van der Waals surface area contributed by atoms with Gasteiger partial charge in [0.2, 0.25) is 0 Å². The summed E-state index contributed by atoms with van der Waals surface area (Å²) in [5.41, 5.74) is 13.6. The summed E-state index contributed by atoms with van der Waals surface area (Å²) in [4.78, 5) is 0. The topological polar surface area (TPSA) is 73.9 Å². The Morgan fingerprint density at radius 3 is 2.66 bits per heavy atom. The number of nitrogens with two attached hydrogens (primary N) is 1. The maximum Gasteiger partial charge on any atom is 0.100 e. The summed E-state index contributed by atoms with van der Waals surface area (Å²) in [6.07, 6.45) is 8.93. The van der Waals surface area contributed by atoms with Gasteiger partial charge in [0.1, 0.15) is 6.07 Å². The third-order valence-corrected chi connectivity index (χ3v) is 6.57. The Morgan fingerprint density at radius 2 is 2.03 bits per heavy atom. The third kappa shape index (κ3) is 6.58. The van der Waals surface area contributed by atoms with Gasteiger partial charge in [0.05, 0.1) is 5.56 Å². The molecule has 1 aromatic rings. The van der Waals surface area contributed by atoms with Crippen molar-refractivity contribution in [3.63, 3.8) is 0 Å². The van der Waals surface area contributed by atoms with Crippen LogP contribution in [-0.4, -0.2) is 26.2 Å². The summed E-state index contributed by atoms with van der Waals surface area (Å²) in [5, 5.41) is 16.9. The first-order valence-electron chi connectivity index (χ1n) is 12.1. The first kappa shape index (κ1) is 25.9. The Balaban J connectivity index is 2.52. The highest BCUT2D eigenvalue weighted by atomic mass is 14.9. The van der Waals surface area contributed by atoms with Crippen molar-refractivity contribution in [2.24, 2.45) is 11.7 Å². The van der Waals surface area contributed by atoms with E-state index in [9.17, 15) is 5.26 Å². The van der Waals surface area contributed by atoms with Gasteiger partial charge in [-0.1, -0.05) is 62.3 Å². The minimum absolute atomic E-state index is 0.0225. The number of nitrogens with zero attached hydrogens (tertiary/aromatic N) is 1. The normalized spacial score (nSPS) is 19.1. The van der Waals surface area contributed by atoms with Crippen molar-refractivity contribution in [1.82, 2.24) is 10.6 Å². The molecule has 0 spiro atoms. The number of allylic oxidation sites excluding steroid dienone is 3. The van der Waals surface area contributed by atoms with E-state index in [2.05, 4.69) is 68.8 Å². The molecule has 2 rings (SSSR count). The van der Waals surface area contributed by atoms with E-state index in [0.29, 0.717) is 12.5 Å². The van der Waals surface area contributed by atoms with Gasteiger partial charge in [-0.25, -0.2) is 0 Å². The van der Waals surface area contributed by atoms with E-state index < -0.39 is 0 Å². The molecule has 0 saturated carbocycles. The molecule has 0 fully saturated rings. The van der Waals surface area contributed by atoms with Gasteiger partial charge in [-0.05, 0) is 63.6 Å². The molecular formula is C28H42N4. The Morgan fingerprint density at radius 1 is 1.28 bits per heavy atom. The fourth-order valence-electron chi connectivity index (χ4n) is 4.78. The molecule has 0 radical (unpaired) electrons. The van der Waals surface area contributed by atoms with Crippen LogP contribution in [0.4, 0.5) is 0 Å². The summed E-state index contributed by atoms with van der Waals surface area (Å²) < 4.78 is 0. The number of rotatable bonds is 12. The largest absolute Gasteiger partial charge is 0.383 e. The van der Waals surface area contributed by atoms with Crippen LogP contribution in [0.1, 0.15) is 81.0 Å². The molecule has 0 bridgehead atoms. The highest BCUT2D eigenvalue weighted by molar-refractivity contribution is 5.73. The van der Waals surface area contributed by atoms with Gasteiger partial charge in [-0.3, -0.25) is 0 Å². The van der Waals surface area contributed by atoms with Crippen LogP contribution in [0.2, 0.25) is 0 Å². The average Bonchev–Trinajstić information content (AvgIpc) is 2.77. The number of nitrogens with one attached hydrogen (secondary N) is 2. The van der Waals surface area contributed by atoms with E-state index in [1.807, 2.05) is 7.05 Å². The standard InChI is InChI=1S/C28H42N4/c1-7-8-9-10-22-12-14-25(26-15-20(4)11-13-24(26)19(2)3)27(16-29)28(22)21(5)32-18-23(30)17-31-6/h12,14-15,23-24,26,31-32H,2,5,7-11,13,17-18,30H2,1,3-4,6H3/t23?,24-,26?/m1/s1. The highest BCUT2D eigenvalue weighted by Crippen LogP contribution is 2.42. The van der Waals surface area contributed by atoms with Crippen LogP contribution in [0.3, 0.4) is 0 Å². The molecule has 32 heavy (non-hydrogen) atoms. The first-order chi connectivity index (χ1) is 15.3. The Bertz CT molecular complexity index is 874. The van der Waals surface area contributed by atoms with Crippen molar-refractivity contribution in [2.45, 2.75) is 71.3 Å². The van der Waals surface area contributed by atoms with Gasteiger partial charge in [0.25, 0.3) is 0 Å². The van der Waals surface area contributed by atoms with Crippen LogP contribution >= 0.6 is 0 Å². The molecule has 0 saturated heterocycles. The lowest BCUT2D eigenvalue weighted by Crippen LogP contribution is -2.40. The van der Waals surface area contributed by atoms with Crippen LogP contribution in [-0.2, 0) is 6.42 Å². The quantitative estimate of drug-likeness (QED) is 0.304. The SMILES string of the molecule is C=C(NCC(N)CNC)c1c(CCCCC)ccc(C2C=C(C)CC[C@@H]2C(=C)C)c1C#N. The van der Waals surface area contributed by atoms with Crippen molar-refractivity contribution >= 4 is 5.70 Å². The number of nitriles is 1. The van der Waals surface area contributed by atoms with Gasteiger partial charge < -0.3 is 16.4 Å².